The van der Waals surface area contributed by atoms with E-state index in [4.69, 9.17) is 23.2 Å². The van der Waals surface area contributed by atoms with Crippen LogP contribution in [0, 0.1) is 0 Å². The number of amides is 1. The van der Waals surface area contributed by atoms with Gasteiger partial charge in [-0.05, 0) is 42.7 Å². The van der Waals surface area contributed by atoms with Crippen LogP contribution in [-0.2, 0) is 6.42 Å². The summed E-state index contributed by atoms with van der Waals surface area (Å²) in [6, 6.07) is 8.93. The van der Waals surface area contributed by atoms with Gasteiger partial charge in [0.15, 0.2) is 0 Å². The summed E-state index contributed by atoms with van der Waals surface area (Å²) in [4.78, 5) is 15.7. The molecule has 1 aromatic carbocycles. The second-order valence-corrected chi connectivity index (χ2v) is 5.18. The van der Waals surface area contributed by atoms with Crippen LogP contribution in [0.15, 0.2) is 42.7 Å². The Balaban J connectivity index is 1.78. The van der Waals surface area contributed by atoms with Gasteiger partial charge in [-0.25, -0.2) is 0 Å². The van der Waals surface area contributed by atoms with Gasteiger partial charge in [0.05, 0.1) is 5.56 Å². The number of rotatable bonds is 5. The van der Waals surface area contributed by atoms with Crippen molar-refractivity contribution in [3.8, 4) is 0 Å². The molecule has 104 valence electrons. The molecule has 0 aliphatic carbocycles. The van der Waals surface area contributed by atoms with Crippen LogP contribution in [-0.4, -0.2) is 17.4 Å². The predicted molar refractivity (Wildman–Crippen MR) is 81.4 cm³/mol. The number of carbonyl (C=O) groups is 1. The third-order valence-electron chi connectivity index (χ3n) is 2.85. The summed E-state index contributed by atoms with van der Waals surface area (Å²) in [5.41, 5.74) is 1.60. The molecule has 1 heterocycles. The molecule has 1 amide bonds. The second kappa shape index (κ2) is 7.27. The highest BCUT2D eigenvalue weighted by Crippen LogP contribution is 2.21. The Bertz CT molecular complexity index is 588. The number of hydrogen-bond acceptors (Lipinski definition) is 2. The largest absolute Gasteiger partial charge is 0.352 e. The number of pyridine rings is 1. The van der Waals surface area contributed by atoms with Gasteiger partial charge in [-0.15, -0.1) is 0 Å². The van der Waals surface area contributed by atoms with Gasteiger partial charge >= 0.3 is 0 Å². The van der Waals surface area contributed by atoms with Gasteiger partial charge in [0.2, 0.25) is 0 Å². The number of aromatic nitrogens is 1. The number of benzene rings is 1. The number of nitrogens with zero attached hydrogens (tertiary/aromatic N) is 1. The van der Waals surface area contributed by atoms with Gasteiger partial charge in [0.25, 0.3) is 5.91 Å². The van der Waals surface area contributed by atoms with Crippen LogP contribution >= 0.6 is 23.2 Å². The Labute approximate surface area is 127 Å². The van der Waals surface area contributed by atoms with E-state index >= 15 is 0 Å². The maximum atomic E-state index is 11.8. The molecule has 0 atom stereocenters. The minimum atomic E-state index is -0.111. The van der Waals surface area contributed by atoms with E-state index in [1.54, 1.807) is 30.6 Å². The molecule has 5 heteroatoms. The number of aryl methyl sites for hydroxylation is 1. The standard InChI is InChI=1S/C15H14Cl2N2O/c16-13-6-5-11(14(17)9-13)3-2-8-19-15(20)12-4-1-7-18-10-12/h1,4-7,9-10H,2-3,8H2,(H,19,20). The van der Waals surface area contributed by atoms with E-state index in [0.29, 0.717) is 22.2 Å². The summed E-state index contributed by atoms with van der Waals surface area (Å²) < 4.78 is 0. The minimum Gasteiger partial charge on any atom is -0.352 e. The van der Waals surface area contributed by atoms with Crippen LogP contribution in [0.3, 0.4) is 0 Å². The van der Waals surface area contributed by atoms with Crippen LogP contribution < -0.4 is 5.32 Å². The average molecular weight is 309 g/mol. The highest BCUT2D eigenvalue weighted by atomic mass is 35.5. The fourth-order valence-corrected chi connectivity index (χ4v) is 2.31. The Morgan fingerprint density at radius 3 is 2.80 bits per heavy atom. The normalized spacial score (nSPS) is 10.3. The molecule has 0 bridgehead atoms. The van der Waals surface area contributed by atoms with E-state index in [9.17, 15) is 4.79 Å². The first kappa shape index (κ1) is 14.8. The number of nitrogens with one attached hydrogen (secondary N) is 1. The summed E-state index contributed by atoms with van der Waals surface area (Å²) >= 11 is 11.9. The first-order valence-corrected chi connectivity index (χ1v) is 7.04. The molecule has 0 spiro atoms. The highest BCUT2D eigenvalue weighted by Gasteiger charge is 2.05. The molecule has 0 saturated carbocycles. The third-order valence-corrected chi connectivity index (χ3v) is 3.43. The summed E-state index contributed by atoms with van der Waals surface area (Å²) in [5, 5.41) is 4.14. The van der Waals surface area contributed by atoms with Gasteiger partial charge in [-0.3, -0.25) is 9.78 Å². The summed E-state index contributed by atoms with van der Waals surface area (Å²) in [5.74, 6) is -0.111. The first-order valence-electron chi connectivity index (χ1n) is 6.29. The maximum Gasteiger partial charge on any atom is 0.252 e. The molecule has 3 nitrogen and oxygen atoms in total. The van der Waals surface area contributed by atoms with Gasteiger partial charge in [0, 0.05) is 29.0 Å². The first-order chi connectivity index (χ1) is 9.66. The lowest BCUT2D eigenvalue weighted by Crippen LogP contribution is -2.24. The monoisotopic (exact) mass is 308 g/mol. The van der Waals surface area contributed by atoms with Crippen molar-refractivity contribution in [1.29, 1.82) is 0 Å². The molecule has 0 radical (unpaired) electrons. The predicted octanol–water partition coefficient (Wildman–Crippen LogP) is 3.75. The topological polar surface area (TPSA) is 42.0 Å². The van der Waals surface area contributed by atoms with Gasteiger partial charge < -0.3 is 5.32 Å². The van der Waals surface area contributed by atoms with Gasteiger partial charge in [0.1, 0.15) is 0 Å². The molecular weight excluding hydrogens is 295 g/mol. The van der Waals surface area contributed by atoms with Crippen molar-refractivity contribution in [1.82, 2.24) is 10.3 Å². The Hall–Kier alpha value is -1.58. The SMILES string of the molecule is O=C(NCCCc1ccc(Cl)cc1Cl)c1cccnc1. The molecular formula is C15H14Cl2N2O. The number of hydrogen-bond donors (Lipinski definition) is 1. The van der Waals surface area contributed by atoms with Crippen molar-refractivity contribution in [2.45, 2.75) is 12.8 Å². The zero-order valence-corrected chi connectivity index (χ0v) is 12.3. The van der Waals surface area contributed by atoms with Crippen LogP contribution in [0.5, 0.6) is 0 Å². The Morgan fingerprint density at radius 2 is 2.10 bits per heavy atom. The lowest BCUT2D eigenvalue weighted by atomic mass is 10.1. The molecule has 1 aromatic heterocycles. The van der Waals surface area contributed by atoms with Crippen molar-refractivity contribution < 1.29 is 4.79 Å². The maximum absolute atomic E-state index is 11.8. The van der Waals surface area contributed by atoms with E-state index in [1.165, 1.54) is 0 Å². The van der Waals surface area contributed by atoms with E-state index in [1.807, 2.05) is 12.1 Å². The zero-order valence-electron chi connectivity index (χ0n) is 10.8. The van der Waals surface area contributed by atoms with Crippen molar-refractivity contribution in [3.63, 3.8) is 0 Å². The molecule has 0 aliphatic rings. The molecule has 0 saturated heterocycles. The van der Waals surface area contributed by atoms with E-state index < -0.39 is 0 Å². The summed E-state index contributed by atoms with van der Waals surface area (Å²) in [6.07, 6.45) is 4.79. The van der Waals surface area contributed by atoms with Crippen LogP contribution in [0.4, 0.5) is 0 Å². The van der Waals surface area contributed by atoms with Crippen LogP contribution in [0.1, 0.15) is 22.3 Å². The smallest absolute Gasteiger partial charge is 0.252 e. The molecule has 2 rings (SSSR count). The quantitative estimate of drug-likeness (QED) is 0.855. The molecule has 20 heavy (non-hydrogen) atoms. The minimum absolute atomic E-state index is 0.111. The zero-order chi connectivity index (χ0) is 14.4. The van der Waals surface area contributed by atoms with Crippen LogP contribution in [0.2, 0.25) is 10.0 Å². The average Bonchev–Trinajstić information content (AvgIpc) is 2.46. The fourth-order valence-electron chi connectivity index (χ4n) is 1.80. The van der Waals surface area contributed by atoms with Crippen molar-refractivity contribution in [2.24, 2.45) is 0 Å². The molecule has 0 fully saturated rings. The highest BCUT2D eigenvalue weighted by molar-refractivity contribution is 6.35. The van der Waals surface area contributed by atoms with Gasteiger partial charge in [-0.2, -0.15) is 0 Å². The van der Waals surface area contributed by atoms with E-state index in [-0.39, 0.29) is 5.91 Å². The Kier molecular flexibility index (Phi) is 5.39. The molecule has 0 unspecified atom stereocenters. The Morgan fingerprint density at radius 1 is 1.25 bits per heavy atom. The molecule has 2 aromatic rings. The van der Waals surface area contributed by atoms with Crippen molar-refractivity contribution >= 4 is 29.1 Å². The van der Waals surface area contributed by atoms with E-state index in [2.05, 4.69) is 10.3 Å². The molecule has 1 N–H and O–H groups in total. The molecule has 0 aliphatic heterocycles. The lowest BCUT2D eigenvalue weighted by Gasteiger charge is -2.06. The van der Waals surface area contributed by atoms with Crippen LogP contribution in [0.25, 0.3) is 0 Å². The summed E-state index contributed by atoms with van der Waals surface area (Å²) in [6.45, 7) is 0.590. The number of halogens is 2. The fraction of sp³-hybridized carbons (Fsp3) is 0.200. The van der Waals surface area contributed by atoms with E-state index in [0.717, 1.165) is 18.4 Å². The van der Waals surface area contributed by atoms with Crippen molar-refractivity contribution in [3.05, 3.63) is 63.9 Å². The van der Waals surface area contributed by atoms with Crippen molar-refractivity contribution in [2.75, 3.05) is 6.54 Å². The number of carbonyl (C=O) groups excluding carboxylic acids is 1. The third kappa shape index (κ3) is 4.22. The summed E-state index contributed by atoms with van der Waals surface area (Å²) in [7, 11) is 0. The second-order valence-electron chi connectivity index (χ2n) is 4.34. The van der Waals surface area contributed by atoms with Gasteiger partial charge in [-0.1, -0.05) is 29.3 Å². The lowest BCUT2D eigenvalue weighted by molar-refractivity contribution is 0.0953.